The molecule has 0 aromatic carbocycles. The van der Waals surface area contributed by atoms with Gasteiger partial charge in [-0.2, -0.15) is 4.99 Å². The van der Waals surface area contributed by atoms with Crippen LogP contribution in [0.3, 0.4) is 0 Å². The van der Waals surface area contributed by atoms with Crippen LogP contribution in [0.4, 0.5) is 9.59 Å². The van der Waals surface area contributed by atoms with Crippen LogP contribution in [0.25, 0.3) is 0 Å². The summed E-state index contributed by atoms with van der Waals surface area (Å²) in [7, 11) is 0. The molecule has 6 atom stereocenters. The molecule has 12 nitrogen and oxygen atoms in total. The molecule has 3 fully saturated rings. The number of allylic oxidation sites excluding steroid dienone is 1. The number of Topliss-reactive ketones (excluding diaryl/α,β-unsaturated/α-hetero) is 1. The highest BCUT2D eigenvalue weighted by Crippen LogP contribution is 2.38. The zero-order chi connectivity index (χ0) is 28.5. The molecule has 12 heteroatoms. The van der Waals surface area contributed by atoms with Gasteiger partial charge in [-0.1, -0.05) is 40.5 Å². The summed E-state index contributed by atoms with van der Waals surface area (Å²) >= 11 is 0. The average Bonchev–Trinajstić information content (AvgIpc) is 3.48. The quantitative estimate of drug-likeness (QED) is 0.454. The van der Waals surface area contributed by atoms with Crippen molar-refractivity contribution in [3.63, 3.8) is 0 Å². The van der Waals surface area contributed by atoms with Crippen LogP contribution >= 0.6 is 0 Å². The summed E-state index contributed by atoms with van der Waals surface area (Å²) < 4.78 is 11.9. The maximum absolute atomic E-state index is 13.9. The highest BCUT2D eigenvalue weighted by atomic mass is 16.6. The molecule has 1 aliphatic carbocycles. The van der Waals surface area contributed by atoms with Crippen LogP contribution in [-0.4, -0.2) is 83.2 Å². The van der Waals surface area contributed by atoms with E-state index in [1.54, 1.807) is 0 Å². The molecule has 0 spiro atoms. The van der Waals surface area contributed by atoms with Gasteiger partial charge in [0.25, 0.3) is 0 Å². The molecule has 0 aromatic heterocycles. The van der Waals surface area contributed by atoms with E-state index in [1.165, 1.54) is 22.8 Å². The number of nitrogens with zero attached hydrogens (tertiary/aromatic N) is 3. The third-order valence-corrected chi connectivity index (χ3v) is 7.87. The van der Waals surface area contributed by atoms with Crippen molar-refractivity contribution in [3.05, 3.63) is 11.9 Å². The second-order valence-electron chi connectivity index (χ2n) is 12.0. The van der Waals surface area contributed by atoms with Crippen molar-refractivity contribution in [3.8, 4) is 0 Å². The Morgan fingerprint density at radius 2 is 1.87 bits per heavy atom. The van der Waals surface area contributed by atoms with Gasteiger partial charge in [0.05, 0.1) is 12.6 Å². The summed E-state index contributed by atoms with van der Waals surface area (Å²) in [5.41, 5.74) is -0.655. The fourth-order valence-corrected chi connectivity index (χ4v) is 5.58. The Bertz CT molecular complexity index is 1080. The Labute approximate surface area is 229 Å². The lowest BCUT2D eigenvalue weighted by Gasteiger charge is -2.35. The molecule has 214 valence electrons. The summed E-state index contributed by atoms with van der Waals surface area (Å²) in [6.07, 6.45) is 5.16. The predicted octanol–water partition coefficient (Wildman–Crippen LogP) is 2.78. The monoisotopic (exact) mass is 544 g/mol. The number of amides is 4. The molecule has 2 bridgehead atoms. The van der Waals surface area contributed by atoms with Crippen molar-refractivity contribution >= 4 is 36.1 Å². The van der Waals surface area contributed by atoms with Crippen LogP contribution in [0.1, 0.15) is 66.7 Å². The van der Waals surface area contributed by atoms with Gasteiger partial charge in [0.15, 0.2) is 5.78 Å². The molecule has 3 N–H and O–H groups in total. The van der Waals surface area contributed by atoms with Gasteiger partial charge in [0, 0.05) is 18.7 Å². The predicted molar refractivity (Wildman–Crippen MR) is 143 cm³/mol. The highest BCUT2D eigenvalue weighted by Gasteiger charge is 2.50. The van der Waals surface area contributed by atoms with Gasteiger partial charge in [-0.05, 0) is 43.6 Å². The Hall–Kier alpha value is -3.44. The van der Waals surface area contributed by atoms with E-state index in [2.05, 4.69) is 15.6 Å². The number of hydrogen-bond donors (Lipinski definition) is 3. The van der Waals surface area contributed by atoms with Gasteiger partial charge < -0.3 is 25.1 Å². The number of ether oxygens (including phenoxy) is 2. The standard InChI is InChI=1S/C27H40N6O6/c1-15-19-14-33(21(15)16(2)34)23(35)22(27(3,4)5)31-26(37)39-18-13-17(18)9-7-6-8-12-32-24(36)29-20(10-11-28)30-25(32)38-19/h10-11,15,17-19,21-22,28H,6-9,12-14H2,1-5H3,(H,29,36)(H,31,37)/b20-10+,28-11?/t15-,17-,18-,19+,21+,22-/m1/s1. The van der Waals surface area contributed by atoms with Crippen LogP contribution < -0.4 is 10.6 Å². The maximum atomic E-state index is 13.9. The van der Waals surface area contributed by atoms with Crippen LogP contribution in [0, 0.1) is 22.7 Å². The number of alkyl carbamates (subject to hydrolysis) is 1. The highest BCUT2D eigenvalue weighted by molar-refractivity contribution is 5.98. The number of hydrogen-bond acceptors (Lipinski definition) is 8. The van der Waals surface area contributed by atoms with Crippen molar-refractivity contribution in [1.29, 1.82) is 5.41 Å². The van der Waals surface area contributed by atoms with E-state index in [9.17, 15) is 19.2 Å². The summed E-state index contributed by atoms with van der Waals surface area (Å²) in [6.45, 7) is 9.27. The van der Waals surface area contributed by atoms with Gasteiger partial charge in [-0.3, -0.25) is 14.9 Å². The summed E-state index contributed by atoms with van der Waals surface area (Å²) in [4.78, 5) is 59.8. The molecule has 4 rings (SSSR count). The Morgan fingerprint density at radius 3 is 2.54 bits per heavy atom. The molecule has 3 aliphatic heterocycles. The van der Waals surface area contributed by atoms with Gasteiger partial charge in [-0.15, -0.1) is 0 Å². The Morgan fingerprint density at radius 1 is 1.13 bits per heavy atom. The van der Waals surface area contributed by atoms with Crippen molar-refractivity contribution in [2.45, 2.75) is 91.0 Å². The molecule has 1 saturated carbocycles. The largest absolute Gasteiger partial charge is 0.459 e. The average molecular weight is 545 g/mol. The van der Waals surface area contributed by atoms with Crippen molar-refractivity contribution < 1.29 is 28.7 Å². The first-order chi connectivity index (χ1) is 18.4. The number of rotatable bonds is 2. The van der Waals surface area contributed by atoms with Gasteiger partial charge in [0.2, 0.25) is 5.91 Å². The topological polar surface area (TPSA) is 153 Å². The number of carbonyl (C=O) groups excluding carboxylic acids is 4. The molecule has 39 heavy (non-hydrogen) atoms. The van der Waals surface area contributed by atoms with Crippen molar-refractivity contribution in [2.24, 2.45) is 22.2 Å². The second-order valence-corrected chi connectivity index (χ2v) is 12.0. The Kier molecular flexibility index (Phi) is 8.31. The van der Waals surface area contributed by atoms with E-state index in [0.717, 1.165) is 31.9 Å². The molecule has 0 aromatic rings. The molecule has 2 saturated heterocycles. The lowest BCUT2D eigenvalue weighted by Crippen LogP contribution is -2.57. The van der Waals surface area contributed by atoms with Crippen LogP contribution in [0.15, 0.2) is 16.9 Å². The number of fused-ring (bicyclic) bond motifs is 4. The first-order valence-electron chi connectivity index (χ1n) is 13.7. The van der Waals surface area contributed by atoms with E-state index in [1.807, 2.05) is 27.7 Å². The minimum Gasteiger partial charge on any atom is -0.459 e. The number of carbonyl (C=O) groups is 4. The molecule has 3 heterocycles. The van der Waals surface area contributed by atoms with Crippen molar-refractivity contribution in [2.75, 3.05) is 13.1 Å². The van der Waals surface area contributed by atoms with E-state index in [0.29, 0.717) is 13.0 Å². The number of aliphatic imine (C=N–C) groups is 1. The lowest BCUT2D eigenvalue weighted by molar-refractivity contribution is -0.141. The second kappa shape index (κ2) is 11.4. The third kappa shape index (κ3) is 6.42. The number of amidine groups is 1. The normalized spacial score (nSPS) is 33.3. The molecule has 4 aliphatic rings. The SMILES string of the molecule is CC(=O)[C@@H]1[C@H](C)[C@@H]2CN1C(=O)[C@H](C(C)(C)C)NC(=O)O[C@@H]1C[C@H]1CCCCCN1C(=O)N/C(=C\C=N)N=C1O2. The molecular weight excluding hydrogens is 504 g/mol. The Balaban J connectivity index is 1.67. The summed E-state index contributed by atoms with van der Waals surface area (Å²) in [5, 5.41) is 12.8. The van der Waals surface area contributed by atoms with Gasteiger partial charge in [-0.25, -0.2) is 14.5 Å². The fourth-order valence-electron chi connectivity index (χ4n) is 5.58. The van der Waals surface area contributed by atoms with E-state index in [4.69, 9.17) is 14.9 Å². The van der Waals surface area contributed by atoms with Crippen molar-refractivity contribution in [1.82, 2.24) is 20.4 Å². The van der Waals surface area contributed by atoms with Gasteiger partial charge in [0.1, 0.15) is 24.1 Å². The molecule has 4 amide bonds. The van der Waals surface area contributed by atoms with Gasteiger partial charge >= 0.3 is 18.1 Å². The zero-order valence-electron chi connectivity index (χ0n) is 23.4. The zero-order valence-corrected chi connectivity index (χ0v) is 23.4. The fraction of sp³-hybridized carbons (Fsp3) is 0.704. The van der Waals surface area contributed by atoms with Crippen LogP contribution in [0.2, 0.25) is 0 Å². The smallest absolute Gasteiger partial charge is 0.408 e. The first kappa shape index (κ1) is 28.6. The maximum Gasteiger partial charge on any atom is 0.408 e. The van der Waals surface area contributed by atoms with E-state index in [-0.39, 0.29) is 36.2 Å². The number of nitrogens with one attached hydrogen (secondary N) is 3. The third-order valence-electron chi connectivity index (χ3n) is 7.87. The van der Waals surface area contributed by atoms with Crippen LogP contribution in [-0.2, 0) is 19.1 Å². The minimum atomic E-state index is -0.926. The van der Waals surface area contributed by atoms with Crippen LogP contribution in [0.5, 0.6) is 0 Å². The van der Waals surface area contributed by atoms with E-state index >= 15 is 0 Å². The first-order valence-corrected chi connectivity index (χ1v) is 13.7. The molecular formula is C27H40N6O6. The number of urea groups is 1. The lowest BCUT2D eigenvalue weighted by atomic mass is 9.85. The summed E-state index contributed by atoms with van der Waals surface area (Å²) in [5.74, 6) is -0.532. The number of ketones is 1. The molecule has 0 radical (unpaired) electrons. The summed E-state index contributed by atoms with van der Waals surface area (Å²) in [6, 6.07) is -2.03. The van der Waals surface area contributed by atoms with E-state index < -0.39 is 47.6 Å². The minimum absolute atomic E-state index is 0.0797. The molecule has 0 unspecified atom stereocenters.